The van der Waals surface area contributed by atoms with Crippen molar-refractivity contribution >= 4 is 29.2 Å². The minimum absolute atomic E-state index is 0.0465. The van der Waals surface area contributed by atoms with Crippen molar-refractivity contribution in [3.05, 3.63) is 53.1 Å². The van der Waals surface area contributed by atoms with E-state index in [0.29, 0.717) is 17.8 Å². The highest BCUT2D eigenvalue weighted by Gasteiger charge is 2.35. The number of aryl methyl sites for hydroxylation is 1. The number of carbonyl (C=O) groups excluding carboxylic acids is 3. The third-order valence-electron chi connectivity index (χ3n) is 4.18. The highest BCUT2D eigenvalue weighted by Crippen LogP contribution is 2.27. The first-order chi connectivity index (χ1) is 12.8. The summed E-state index contributed by atoms with van der Waals surface area (Å²) in [6, 6.07) is 8.90. The van der Waals surface area contributed by atoms with Gasteiger partial charge in [-0.3, -0.25) is 14.5 Å². The lowest BCUT2D eigenvalue weighted by atomic mass is 10.1. The molecule has 3 rings (SSSR count). The van der Waals surface area contributed by atoms with Crippen molar-refractivity contribution in [2.75, 3.05) is 17.2 Å². The molecule has 2 aromatic rings. The van der Waals surface area contributed by atoms with Crippen molar-refractivity contribution in [2.45, 2.75) is 20.8 Å². The van der Waals surface area contributed by atoms with E-state index < -0.39 is 6.03 Å². The van der Waals surface area contributed by atoms with Gasteiger partial charge in [0.25, 0.3) is 11.8 Å². The number of nitrogens with zero attached hydrogens (tertiary/aromatic N) is 1. The Labute approximate surface area is 157 Å². The monoisotopic (exact) mass is 367 g/mol. The summed E-state index contributed by atoms with van der Waals surface area (Å²) in [6.45, 7) is 6.06. The quantitative estimate of drug-likeness (QED) is 0.568. The molecule has 7 heteroatoms. The lowest BCUT2D eigenvalue weighted by Crippen LogP contribution is -2.33. The second kappa shape index (κ2) is 7.11. The molecule has 0 spiro atoms. The van der Waals surface area contributed by atoms with Gasteiger partial charge < -0.3 is 15.7 Å². The Kier molecular flexibility index (Phi) is 4.85. The summed E-state index contributed by atoms with van der Waals surface area (Å²) in [7, 11) is 0. The van der Waals surface area contributed by atoms with E-state index in [1.807, 2.05) is 20.8 Å². The molecule has 0 saturated carbocycles. The number of phenols is 1. The molecule has 0 bridgehead atoms. The second-order valence-electron chi connectivity index (χ2n) is 6.97. The van der Waals surface area contributed by atoms with Gasteiger partial charge in [-0.1, -0.05) is 19.9 Å². The zero-order valence-electron chi connectivity index (χ0n) is 15.4. The van der Waals surface area contributed by atoms with E-state index in [9.17, 15) is 19.5 Å². The Morgan fingerprint density at radius 3 is 2.44 bits per heavy atom. The molecular weight excluding hydrogens is 346 g/mol. The Morgan fingerprint density at radius 1 is 1.04 bits per heavy atom. The first kappa shape index (κ1) is 18.4. The number of anilines is 2. The van der Waals surface area contributed by atoms with E-state index in [1.165, 1.54) is 23.1 Å². The zero-order chi connectivity index (χ0) is 19.7. The minimum Gasteiger partial charge on any atom is -0.506 e. The largest absolute Gasteiger partial charge is 0.506 e. The van der Waals surface area contributed by atoms with Gasteiger partial charge in [-0.05, 0) is 48.7 Å². The van der Waals surface area contributed by atoms with Crippen LogP contribution in [0.4, 0.5) is 16.2 Å². The molecule has 1 aliphatic rings. The SMILES string of the molecule is Cc1ccc(O)c(NC(=O)Nc2ccc3c(c2)C(=O)N(CC(C)C)C3=O)c1. The molecule has 3 N–H and O–H groups in total. The Bertz CT molecular complexity index is 937. The third-order valence-corrected chi connectivity index (χ3v) is 4.18. The molecule has 0 aliphatic carbocycles. The van der Waals surface area contributed by atoms with Crippen molar-refractivity contribution in [3.63, 3.8) is 0 Å². The number of aromatic hydroxyl groups is 1. The van der Waals surface area contributed by atoms with Gasteiger partial charge in [0.05, 0.1) is 16.8 Å². The number of phenolic OH excluding ortho intramolecular Hbond substituents is 1. The molecule has 140 valence electrons. The summed E-state index contributed by atoms with van der Waals surface area (Å²) >= 11 is 0. The summed E-state index contributed by atoms with van der Waals surface area (Å²) in [6.07, 6.45) is 0. The molecule has 1 heterocycles. The predicted molar refractivity (Wildman–Crippen MR) is 102 cm³/mol. The summed E-state index contributed by atoms with van der Waals surface area (Å²) in [4.78, 5) is 38.3. The number of hydrogen-bond donors (Lipinski definition) is 3. The van der Waals surface area contributed by atoms with Gasteiger partial charge in [0.2, 0.25) is 0 Å². The summed E-state index contributed by atoms with van der Waals surface area (Å²) in [5, 5.41) is 15.0. The maximum atomic E-state index is 12.5. The molecule has 4 amide bonds. The summed E-state index contributed by atoms with van der Waals surface area (Å²) < 4.78 is 0. The van der Waals surface area contributed by atoms with Gasteiger partial charge in [-0.15, -0.1) is 0 Å². The molecule has 0 unspecified atom stereocenters. The molecule has 1 aliphatic heterocycles. The average Bonchev–Trinajstić information content (AvgIpc) is 2.82. The molecule has 7 nitrogen and oxygen atoms in total. The summed E-state index contributed by atoms with van der Waals surface area (Å²) in [5.74, 6) is -0.555. The van der Waals surface area contributed by atoms with E-state index in [2.05, 4.69) is 10.6 Å². The maximum absolute atomic E-state index is 12.5. The molecule has 0 saturated heterocycles. The highest BCUT2D eigenvalue weighted by molar-refractivity contribution is 6.22. The number of hydrogen-bond acceptors (Lipinski definition) is 4. The Hall–Kier alpha value is -3.35. The van der Waals surface area contributed by atoms with Crippen LogP contribution in [0.25, 0.3) is 0 Å². The van der Waals surface area contributed by atoms with Gasteiger partial charge in [0, 0.05) is 12.2 Å². The highest BCUT2D eigenvalue weighted by atomic mass is 16.3. The van der Waals surface area contributed by atoms with Crippen LogP contribution in [0.15, 0.2) is 36.4 Å². The van der Waals surface area contributed by atoms with Crippen molar-refractivity contribution in [1.82, 2.24) is 4.90 Å². The predicted octanol–water partition coefficient (Wildman–Crippen LogP) is 3.60. The van der Waals surface area contributed by atoms with Gasteiger partial charge in [-0.25, -0.2) is 4.79 Å². The molecule has 0 fully saturated rings. The van der Waals surface area contributed by atoms with Gasteiger partial charge in [0.15, 0.2) is 0 Å². The second-order valence-corrected chi connectivity index (χ2v) is 6.97. The molecular formula is C20H21N3O4. The Morgan fingerprint density at radius 2 is 1.74 bits per heavy atom. The van der Waals surface area contributed by atoms with Gasteiger partial charge in [-0.2, -0.15) is 0 Å². The Balaban J connectivity index is 1.76. The zero-order valence-corrected chi connectivity index (χ0v) is 15.4. The normalized spacial score (nSPS) is 13.1. The van der Waals surface area contributed by atoms with E-state index in [0.717, 1.165) is 5.56 Å². The smallest absolute Gasteiger partial charge is 0.323 e. The fraction of sp³-hybridized carbons (Fsp3) is 0.250. The van der Waals surface area contributed by atoms with Crippen molar-refractivity contribution in [1.29, 1.82) is 0 Å². The van der Waals surface area contributed by atoms with Crippen LogP contribution in [0.5, 0.6) is 5.75 Å². The lowest BCUT2D eigenvalue weighted by Gasteiger charge is -2.15. The number of nitrogens with one attached hydrogen (secondary N) is 2. The van der Waals surface area contributed by atoms with Crippen molar-refractivity contribution in [2.24, 2.45) is 5.92 Å². The maximum Gasteiger partial charge on any atom is 0.323 e. The fourth-order valence-corrected chi connectivity index (χ4v) is 2.93. The number of imide groups is 1. The van der Waals surface area contributed by atoms with Crippen LogP contribution in [-0.2, 0) is 0 Å². The molecule has 27 heavy (non-hydrogen) atoms. The van der Waals surface area contributed by atoms with E-state index in [1.54, 1.807) is 18.2 Å². The van der Waals surface area contributed by atoms with Gasteiger partial charge in [0.1, 0.15) is 5.75 Å². The topological polar surface area (TPSA) is 98.7 Å². The van der Waals surface area contributed by atoms with Crippen molar-refractivity contribution < 1.29 is 19.5 Å². The third kappa shape index (κ3) is 3.76. The number of urea groups is 1. The number of carbonyl (C=O) groups is 3. The van der Waals surface area contributed by atoms with Crippen LogP contribution in [0.2, 0.25) is 0 Å². The number of benzene rings is 2. The van der Waals surface area contributed by atoms with Crippen LogP contribution in [0.1, 0.15) is 40.1 Å². The van der Waals surface area contributed by atoms with E-state index in [-0.39, 0.29) is 34.7 Å². The first-order valence-corrected chi connectivity index (χ1v) is 8.64. The minimum atomic E-state index is -0.563. The summed E-state index contributed by atoms with van der Waals surface area (Å²) in [5.41, 5.74) is 2.16. The number of amides is 4. The van der Waals surface area contributed by atoms with Crippen LogP contribution in [0, 0.1) is 12.8 Å². The average molecular weight is 367 g/mol. The van der Waals surface area contributed by atoms with Crippen LogP contribution in [0.3, 0.4) is 0 Å². The van der Waals surface area contributed by atoms with Crippen molar-refractivity contribution in [3.8, 4) is 5.75 Å². The van der Waals surface area contributed by atoms with Crippen LogP contribution in [-0.4, -0.2) is 34.4 Å². The number of rotatable bonds is 4. The van der Waals surface area contributed by atoms with Gasteiger partial charge >= 0.3 is 6.03 Å². The lowest BCUT2D eigenvalue weighted by molar-refractivity contribution is 0.0636. The van der Waals surface area contributed by atoms with E-state index in [4.69, 9.17) is 0 Å². The molecule has 2 aromatic carbocycles. The molecule has 0 radical (unpaired) electrons. The van der Waals surface area contributed by atoms with Crippen LogP contribution >= 0.6 is 0 Å². The molecule has 0 atom stereocenters. The fourth-order valence-electron chi connectivity index (χ4n) is 2.93. The first-order valence-electron chi connectivity index (χ1n) is 8.64. The number of fused-ring (bicyclic) bond motifs is 1. The van der Waals surface area contributed by atoms with Crippen LogP contribution < -0.4 is 10.6 Å². The van der Waals surface area contributed by atoms with E-state index >= 15 is 0 Å². The molecule has 0 aromatic heterocycles. The standard InChI is InChI=1S/C20H21N3O4/c1-11(2)10-23-18(25)14-6-5-13(9-15(14)19(23)26)21-20(27)22-16-8-12(3)4-7-17(16)24/h4-9,11,24H,10H2,1-3H3,(H2,21,22,27).